The SMILES string of the molecule is O=S1C2C=C(c3cc4ccccc4c4ccccc34)CC1CC2. The van der Waals surface area contributed by atoms with Crippen molar-refractivity contribution in [2.75, 3.05) is 0 Å². The maximum atomic E-state index is 12.3. The molecule has 0 radical (unpaired) electrons. The van der Waals surface area contributed by atoms with Gasteiger partial charge in [0.15, 0.2) is 0 Å². The van der Waals surface area contributed by atoms with Gasteiger partial charge in [0.25, 0.3) is 0 Å². The zero-order valence-electron chi connectivity index (χ0n) is 12.9. The molecule has 1 saturated heterocycles. The van der Waals surface area contributed by atoms with Crippen LogP contribution in [-0.2, 0) is 10.8 Å². The summed E-state index contributed by atoms with van der Waals surface area (Å²) in [6.45, 7) is 0. The average Bonchev–Trinajstić information content (AvgIpc) is 2.82. The molecular formula is C21H18OS. The van der Waals surface area contributed by atoms with Crippen LogP contribution in [0.1, 0.15) is 24.8 Å². The molecule has 0 amide bonds. The van der Waals surface area contributed by atoms with Gasteiger partial charge in [-0.3, -0.25) is 4.21 Å². The van der Waals surface area contributed by atoms with E-state index in [9.17, 15) is 4.21 Å². The number of allylic oxidation sites excluding steroid dienone is 1. The van der Waals surface area contributed by atoms with Crippen molar-refractivity contribution in [2.24, 2.45) is 0 Å². The standard InChI is InChI=1S/C21H18OS/c22-23-16-9-10-17(23)12-15(11-16)21-13-14-5-1-2-6-18(14)19-7-3-4-8-20(19)21/h1-8,11,13,16-17H,9-10,12H2. The lowest BCUT2D eigenvalue weighted by Gasteiger charge is -2.21. The number of fused-ring (bicyclic) bond motifs is 5. The summed E-state index contributed by atoms with van der Waals surface area (Å²) in [7, 11) is -0.650. The molecule has 114 valence electrons. The minimum atomic E-state index is -0.650. The third kappa shape index (κ3) is 2.01. The van der Waals surface area contributed by atoms with E-state index in [0.29, 0.717) is 5.25 Å². The van der Waals surface area contributed by atoms with Gasteiger partial charge < -0.3 is 0 Å². The molecule has 3 aromatic carbocycles. The third-order valence-corrected chi connectivity index (χ3v) is 7.38. The van der Waals surface area contributed by atoms with Crippen LogP contribution in [0.15, 0.2) is 60.7 Å². The lowest BCUT2D eigenvalue weighted by atomic mass is 9.91. The molecule has 2 aliphatic rings. The minimum absolute atomic E-state index is 0.272. The second kappa shape index (κ2) is 5.04. The molecule has 2 aliphatic heterocycles. The smallest absolute Gasteiger partial charge is 0.0536 e. The van der Waals surface area contributed by atoms with E-state index < -0.39 is 10.8 Å². The van der Waals surface area contributed by atoms with Crippen LogP contribution >= 0.6 is 0 Å². The van der Waals surface area contributed by atoms with Crippen molar-refractivity contribution in [3.8, 4) is 0 Å². The van der Waals surface area contributed by atoms with Crippen molar-refractivity contribution in [2.45, 2.75) is 29.8 Å². The van der Waals surface area contributed by atoms with Gasteiger partial charge in [0, 0.05) is 16.0 Å². The van der Waals surface area contributed by atoms with E-state index in [0.717, 1.165) is 19.3 Å². The van der Waals surface area contributed by atoms with Gasteiger partial charge in [-0.1, -0.05) is 54.6 Å². The van der Waals surface area contributed by atoms with Crippen molar-refractivity contribution in [3.05, 3.63) is 66.2 Å². The first kappa shape index (κ1) is 13.5. The number of rotatable bonds is 1. The summed E-state index contributed by atoms with van der Waals surface area (Å²) in [6, 6.07) is 19.6. The Bertz CT molecular complexity index is 985. The second-order valence-corrected chi connectivity index (χ2v) is 8.58. The van der Waals surface area contributed by atoms with E-state index in [4.69, 9.17) is 0 Å². The van der Waals surface area contributed by atoms with Gasteiger partial charge in [-0.15, -0.1) is 0 Å². The number of benzene rings is 3. The van der Waals surface area contributed by atoms with Gasteiger partial charge in [-0.25, -0.2) is 0 Å². The average molecular weight is 318 g/mol. The molecule has 0 saturated carbocycles. The fraction of sp³-hybridized carbons (Fsp3) is 0.238. The minimum Gasteiger partial charge on any atom is -0.259 e. The molecule has 3 atom stereocenters. The molecule has 1 fully saturated rings. The van der Waals surface area contributed by atoms with Crippen LogP contribution in [0.4, 0.5) is 0 Å². The summed E-state index contributed by atoms with van der Waals surface area (Å²) < 4.78 is 12.3. The molecule has 0 spiro atoms. The highest BCUT2D eigenvalue weighted by Gasteiger charge is 2.36. The van der Waals surface area contributed by atoms with E-state index in [-0.39, 0.29) is 5.25 Å². The molecule has 1 nitrogen and oxygen atoms in total. The normalized spacial score (nSPS) is 26.6. The molecule has 2 heteroatoms. The summed E-state index contributed by atoms with van der Waals surface area (Å²) in [4.78, 5) is 0. The molecular weight excluding hydrogens is 300 g/mol. The Balaban J connectivity index is 1.81. The quantitative estimate of drug-likeness (QED) is 0.573. The molecule has 5 rings (SSSR count). The molecule has 0 aliphatic carbocycles. The molecule has 3 aromatic rings. The van der Waals surface area contributed by atoms with Gasteiger partial charge in [-0.2, -0.15) is 0 Å². The Morgan fingerprint density at radius 3 is 2.43 bits per heavy atom. The van der Waals surface area contributed by atoms with Gasteiger partial charge in [0.1, 0.15) is 0 Å². The van der Waals surface area contributed by atoms with Gasteiger partial charge in [0.2, 0.25) is 0 Å². The van der Waals surface area contributed by atoms with Crippen LogP contribution in [0.25, 0.3) is 27.1 Å². The summed E-state index contributed by atoms with van der Waals surface area (Å²) in [5.41, 5.74) is 2.74. The highest BCUT2D eigenvalue weighted by atomic mass is 32.2. The largest absolute Gasteiger partial charge is 0.259 e. The summed E-state index contributed by atoms with van der Waals surface area (Å²) in [6.07, 6.45) is 5.47. The van der Waals surface area contributed by atoms with Crippen LogP contribution < -0.4 is 0 Å². The molecule has 2 heterocycles. The predicted molar refractivity (Wildman–Crippen MR) is 99.0 cm³/mol. The maximum absolute atomic E-state index is 12.3. The Morgan fingerprint density at radius 2 is 1.61 bits per heavy atom. The van der Waals surface area contributed by atoms with E-state index in [1.54, 1.807) is 0 Å². The van der Waals surface area contributed by atoms with E-state index in [2.05, 4.69) is 60.7 Å². The lowest BCUT2D eigenvalue weighted by molar-refractivity contribution is 0.674. The first-order valence-corrected chi connectivity index (χ1v) is 9.60. The summed E-state index contributed by atoms with van der Waals surface area (Å²) in [5, 5.41) is 5.89. The Hall–Kier alpha value is -1.93. The Morgan fingerprint density at radius 1 is 0.870 bits per heavy atom. The van der Waals surface area contributed by atoms with Gasteiger partial charge >= 0.3 is 0 Å². The van der Waals surface area contributed by atoms with Crippen LogP contribution in [-0.4, -0.2) is 14.7 Å². The molecule has 23 heavy (non-hydrogen) atoms. The summed E-state index contributed by atoms with van der Waals surface area (Å²) in [5.74, 6) is 0. The van der Waals surface area contributed by atoms with Crippen molar-refractivity contribution >= 4 is 37.9 Å². The monoisotopic (exact) mass is 318 g/mol. The van der Waals surface area contributed by atoms with Crippen LogP contribution in [0, 0.1) is 0 Å². The highest BCUT2D eigenvalue weighted by molar-refractivity contribution is 7.86. The molecule has 0 N–H and O–H groups in total. The van der Waals surface area contributed by atoms with Gasteiger partial charge in [0.05, 0.1) is 5.25 Å². The second-order valence-electron chi connectivity index (χ2n) is 6.65. The maximum Gasteiger partial charge on any atom is 0.0536 e. The van der Waals surface area contributed by atoms with Crippen molar-refractivity contribution < 1.29 is 4.21 Å². The van der Waals surface area contributed by atoms with Gasteiger partial charge in [-0.05, 0) is 58.0 Å². The predicted octanol–water partition coefficient (Wildman–Crippen LogP) is 5.06. The zero-order valence-corrected chi connectivity index (χ0v) is 13.7. The van der Waals surface area contributed by atoms with Crippen LogP contribution in [0.3, 0.4) is 0 Å². The summed E-state index contributed by atoms with van der Waals surface area (Å²) >= 11 is 0. The third-order valence-electron chi connectivity index (χ3n) is 5.35. The first-order chi connectivity index (χ1) is 11.3. The first-order valence-electron chi connectivity index (χ1n) is 8.32. The van der Waals surface area contributed by atoms with Crippen molar-refractivity contribution in [3.63, 3.8) is 0 Å². The van der Waals surface area contributed by atoms with E-state index in [1.807, 2.05) is 0 Å². The van der Waals surface area contributed by atoms with E-state index in [1.165, 1.54) is 32.7 Å². The fourth-order valence-corrected chi connectivity index (χ4v) is 6.10. The van der Waals surface area contributed by atoms with Crippen molar-refractivity contribution in [1.82, 2.24) is 0 Å². The number of hydrogen-bond acceptors (Lipinski definition) is 1. The highest BCUT2D eigenvalue weighted by Crippen LogP contribution is 2.41. The number of hydrogen-bond donors (Lipinski definition) is 0. The van der Waals surface area contributed by atoms with Crippen LogP contribution in [0.5, 0.6) is 0 Å². The topological polar surface area (TPSA) is 17.1 Å². The lowest BCUT2D eigenvalue weighted by Crippen LogP contribution is -2.19. The zero-order chi connectivity index (χ0) is 15.4. The molecule has 2 bridgehead atoms. The Labute approximate surface area is 138 Å². The Kier molecular flexibility index (Phi) is 2.96. The fourth-order valence-electron chi connectivity index (χ4n) is 4.22. The van der Waals surface area contributed by atoms with Crippen LogP contribution in [0.2, 0.25) is 0 Å². The molecule has 0 aromatic heterocycles. The van der Waals surface area contributed by atoms with Crippen molar-refractivity contribution in [1.29, 1.82) is 0 Å². The molecule has 3 unspecified atom stereocenters. The van der Waals surface area contributed by atoms with E-state index >= 15 is 0 Å².